The Morgan fingerprint density at radius 2 is 1.85 bits per heavy atom. The van der Waals surface area contributed by atoms with Gasteiger partial charge in [0.25, 0.3) is 7.82 Å². The molecule has 2 aromatic rings. The molecule has 3 rings (SSSR count). The maximum absolute atomic E-state index is 13.6. The van der Waals surface area contributed by atoms with Crippen LogP contribution in [0.25, 0.3) is 0 Å². The quantitative estimate of drug-likeness (QED) is 0.191. The van der Waals surface area contributed by atoms with Crippen LogP contribution >= 0.6 is 7.82 Å². The number of hydrogen-bond donors (Lipinski definition) is 2. The number of anilines is 1. The second-order valence-electron chi connectivity index (χ2n) is 10.0. The normalized spacial score (nSPS) is 19.1. The summed E-state index contributed by atoms with van der Waals surface area (Å²) in [5.74, 6) is -1.59. The number of nitrogens with two attached hydrogens (primary N) is 1. The largest absolute Gasteiger partial charge is 0.756 e. The summed E-state index contributed by atoms with van der Waals surface area (Å²) in [6.07, 6.45) is -1.37. The van der Waals surface area contributed by atoms with Crippen molar-refractivity contribution in [3.63, 3.8) is 0 Å². The fourth-order valence-corrected chi connectivity index (χ4v) is 6.61. The lowest BCUT2D eigenvalue weighted by Gasteiger charge is -2.35. The van der Waals surface area contributed by atoms with Crippen molar-refractivity contribution in [1.29, 1.82) is 0 Å². The summed E-state index contributed by atoms with van der Waals surface area (Å²) in [6.45, 7) is 3.96. The molecule has 1 unspecified atom stereocenters. The number of phosphoric acid groups is 1. The molecule has 0 bridgehead atoms. The molecule has 1 fully saturated rings. The Labute approximate surface area is 229 Å². The first-order valence-electron chi connectivity index (χ1n) is 12.7. The van der Waals surface area contributed by atoms with Gasteiger partial charge in [-0.15, -0.1) is 0 Å². The lowest BCUT2D eigenvalue weighted by atomic mass is 9.90. The van der Waals surface area contributed by atoms with Gasteiger partial charge in [0.2, 0.25) is 10.0 Å². The number of carbonyl (C=O) groups is 1. The number of esters is 1. The second-order valence-corrected chi connectivity index (χ2v) is 13.1. The first-order chi connectivity index (χ1) is 18.3. The number of sulfonamides is 1. The van der Waals surface area contributed by atoms with Crippen LogP contribution in [0, 0.1) is 11.8 Å². The zero-order valence-corrected chi connectivity index (χ0v) is 23.8. The van der Waals surface area contributed by atoms with Crippen LogP contribution in [0.2, 0.25) is 0 Å². The molecule has 1 saturated heterocycles. The highest BCUT2D eigenvalue weighted by atomic mass is 32.2. The monoisotopic (exact) mass is 583 g/mol. The summed E-state index contributed by atoms with van der Waals surface area (Å²) >= 11 is 0. The summed E-state index contributed by atoms with van der Waals surface area (Å²) in [7, 11) is -9.46. The Morgan fingerprint density at radius 1 is 1.18 bits per heavy atom. The van der Waals surface area contributed by atoms with Crippen molar-refractivity contribution in [2.45, 2.75) is 50.2 Å². The maximum Gasteiger partial charge on any atom is 0.306 e. The van der Waals surface area contributed by atoms with E-state index in [0.29, 0.717) is 18.7 Å². The van der Waals surface area contributed by atoms with Crippen LogP contribution in [0.5, 0.6) is 0 Å². The number of rotatable bonds is 14. The first kappa shape index (κ1) is 31.2. The minimum atomic E-state index is -5.33. The molecule has 1 aliphatic rings. The van der Waals surface area contributed by atoms with E-state index >= 15 is 0 Å². The minimum absolute atomic E-state index is 0.0308. The molecule has 2 aromatic carbocycles. The molecule has 4 atom stereocenters. The topological polar surface area (TPSA) is 169 Å². The molecular formula is C26H36N2O9PS-. The average Bonchev–Trinajstić information content (AvgIpc) is 3.35. The molecule has 0 aromatic heterocycles. The summed E-state index contributed by atoms with van der Waals surface area (Å²) in [4.78, 5) is 34.5. The molecule has 0 spiro atoms. The van der Waals surface area contributed by atoms with Crippen LogP contribution < -0.4 is 10.6 Å². The number of benzene rings is 2. The SMILES string of the molecule is CC(C)CN(C[C@@H](OP(=O)([O-])O)[C@H](CC(=O)O[C@H]1CCOC1)Cc1ccccc1)S(=O)(=O)c1ccc(N)cc1. The van der Waals surface area contributed by atoms with Gasteiger partial charge in [-0.25, -0.2) is 8.42 Å². The van der Waals surface area contributed by atoms with Crippen molar-refractivity contribution in [3.05, 3.63) is 60.2 Å². The van der Waals surface area contributed by atoms with E-state index in [2.05, 4.69) is 0 Å². The van der Waals surface area contributed by atoms with Crippen molar-refractivity contribution in [2.75, 3.05) is 32.0 Å². The number of nitrogens with zero attached hydrogens (tertiary/aromatic N) is 1. The maximum atomic E-state index is 13.6. The van der Waals surface area contributed by atoms with E-state index in [1.54, 1.807) is 24.3 Å². The predicted molar refractivity (Wildman–Crippen MR) is 143 cm³/mol. The zero-order chi connectivity index (χ0) is 28.6. The van der Waals surface area contributed by atoms with Crippen molar-refractivity contribution in [3.8, 4) is 0 Å². The standard InChI is InChI=1S/C26H37N2O9PS/c1-19(2)16-28(39(33,34)24-10-8-22(27)9-11-24)17-25(37-38(30,31)32)21(14-20-6-4-3-5-7-20)15-26(29)36-23-12-13-35-18-23/h3-11,19,21,23,25H,12-18,27H2,1-2H3,(H2,30,31,32)/p-1/t21-,23-,25+/m0/s1. The van der Waals surface area contributed by atoms with E-state index < -0.39 is 48.5 Å². The van der Waals surface area contributed by atoms with Gasteiger partial charge < -0.3 is 29.5 Å². The van der Waals surface area contributed by atoms with Gasteiger partial charge in [0.1, 0.15) is 6.10 Å². The predicted octanol–water partition coefficient (Wildman–Crippen LogP) is 2.34. The second kappa shape index (κ2) is 13.8. The Hall–Kier alpha value is -2.31. The lowest BCUT2D eigenvalue weighted by molar-refractivity contribution is -0.226. The van der Waals surface area contributed by atoms with Crippen molar-refractivity contribution < 1.29 is 41.6 Å². The number of phosphoric ester groups is 1. The van der Waals surface area contributed by atoms with Crippen LogP contribution in [0.3, 0.4) is 0 Å². The Kier molecular flexibility index (Phi) is 11.1. The Morgan fingerprint density at radius 3 is 2.41 bits per heavy atom. The Balaban J connectivity index is 1.96. The summed E-state index contributed by atoms with van der Waals surface area (Å²) in [5, 5.41) is 0. The lowest BCUT2D eigenvalue weighted by Crippen LogP contribution is -2.44. The Bertz CT molecular complexity index is 1210. The molecule has 11 nitrogen and oxygen atoms in total. The highest BCUT2D eigenvalue weighted by Crippen LogP contribution is 2.37. The van der Waals surface area contributed by atoms with Crippen LogP contribution in [0.1, 0.15) is 32.3 Å². The summed E-state index contributed by atoms with van der Waals surface area (Å²) in [5.41, 5.74) is 6.87. The first-order valence-corrected chi connectivity index (χ1v) is 15.7. The van der Waals surface area contributed by atoms with Gasteiger partial charge in [-0.05, 0) is 42.2 Å². The van der Waals surface area contributed by atoms with Crippen LogP contribution in [0.15, 0.2) is 59.5 Å². The smallest absolute Gasteiger partial charge is 0.306 e. The molecule has 0 aliphatic carbocycles. The van der Waals surface area contributed by atoms with Crippen molar-refractivity contribution in [2.24, 2.45) is 11.8 Å². The van der Waals surface area contributed by atoms with E-state index in [-0.39, 0.29) is 36.8 Å². The van der Waals surface area contributed by atoms with Crippen LogP contribution in [0.4, 0.5) is 5.69 Å². The van der Waals surface area contributed by atoms with Crippen LogP contribution in [-0.2, 0) is 39.8 Å². The molecule has 39 heavy (non-hydrogen) atoms. The fourth-order valence-electron chi connectivity index (χ4n) is 4.41. The van der Waals surface area contributed by atoms with Gasteiger partial charge in [-0.1, -0.05) is 44.2 Å². The molecular weight excluding hydrogens is 547 g/mol. The van der Waals surface area contributed by atoms with Gasteiger partial charge in [0.15, 0.2) is 0 Å². The highest BCUT2D eigenvalue weighted by Gasteiger charge is 2.35. The van der Waals surface area contributed by atoms with E-state index in [4.69, 9.17) is 19.7 Å². The molecule has 13 heteroatoms. The average molecular weight is 584 g/mol. The molecule has 216 valence electrons. The molecule has 0 radical (unpaired) electrons. The van der Waals surface area contributed by atoms with E-state index in [9.17, 15) is 27.6 Å². The van der Waals surface area contributed by atoms with Gasteiger partial charge in [-0.2, -0.15) is 4.31 Å². The third-order valence-corrected chi connectivity index (χ3v) is 8.60. The van der Waals surface area contributed by atoms with Crippen LogP contribution in [-0.4, -0.2) is 62.1 Å². The summed E-state index contributed by atoms with van der Waals surface area (Å²) in [6, 6.07) is 14.6. The number of hydrogen-bond acceptors (Lipinski definition) is 9. The number of ether oxygens (including phenoxy) is 2. The van der Waals surface area contributed by atoms with Gasteiger partial charge in [0.05, 0.1) is 30.6 Å². The highest BCUT2D eigenvalue weighted by molar-refractivity contribution is 7.89. The van der Waals surface area contributed by atoms with Gasteiger partial charge in [-0.3, -0.25) is 9.36 Å². The van der Waals surface area contributed by atoms with Gasteiger partial charge >= 0.3 is 5.97 Å². The van der Waals surface area contributed by atoms with Gasteiger partial charge in [0, 0.05) is 31.1 Å². The molecule has 3 N–H and O–H groups in total. The number of nitrogen functional groups attached to an aromatic ring is 1. The fraction of sp³-hybridized carbons (Fsp3) is 0.500. The minimum Gasteiger partial charge on any atom is -0.756 e. The van der Waals surface area contributed by atoms with E-state index in [1.807, 2.05) is 19.9 Å². The van der Waals surface area contributed by atoms with Crippen molar-refractivity contribution in [1.82, 2.24) is 4.31 Å². The molecule has 0 saturated carbocycles. The zero-order valence-electron chi connectivity index (χ0n) is 22.0. The van der Waals surface area contributed by atoms with E-state index in [1.165, 1.54) is 24.3 Å². The third kappa shape index (κ3) is 9.99. The summed E-state index contributed by atoms with van der Waals surface area (Å²) < 4.78 is 56.2. The third-order valence-electron chi connectivity index (χ3n) is 6.22. The van der Waals surface area contributed by atoms with Crippen molar-refractivity contribution >= 4 is 29.5 Å². The van der Waals surface area contributed by atoms with E-state index in [0.717, 1.165) is 9.87 Å². The molecule has 0 amide bonds. The molecule has 1 heterocycles. The molecule has 1 aliphatic heterocycles. The number of carbonyl (C=O) groups excluding carboxylic acids is 1.